The fourth-order valence-corrected chi connectivity index (χ4v) is 1.98. The molecule has 0 N–H and O–H groups in total. The van der Waals surface area contributed by atoms with Gasteiger partial charge in [-0.25, -0.2) is 13.0 Å². The lowest BCUT2D eigenvalue weighted by atomic mass is 10.2. The molecule has 0 saturated heterocycles. The van der Waals surface area contributed by atoms with Crippen molar-refractivity contribution < 1.29 is 26.6 Å². The van der Waals surface area contributed by atoms with Crippen molar-refractivity contribution in [3.05, 3.63) is 29.8 Å². The Morgan fingerprint density at radius 2 is 1.71 bits per heavy atom. The van der Waals surface area contributed by atoms with E-state index < -0.39 is 28.3 Å². The summed E-state index contributed by atoms with van der Waals surface area (Å²) < 4.78 is 61.4. The zero-order valence-corrected chi connectivity index (χ0v) is 9.44. The first-order valence-corrected chi connectivity index (χ1v) is 5.60. The van der Waals surface area contributed by atoms with Crippen LogP contribution in [0.1, 0.15) is 5.56 Å². The number of hydrogen-bond acceptors (Lipinski definition) is 2. The summed E-state index contributed by atoms with van der Waals surface area (Å²) in [6.45, 7) is 1.68. The summed E-state index contributed by atoms with van der Waals surface area (Å²) in [5, 5.41) is -4.58. The summed E-state index contributed by atoms with van der Waals surface area (Å²) in [5.74, 6) is -2.63. The van der Waals surface area contributed by atoms with Crippen molar-refractivity contribution in [2.24, 2.45) is 0 Å². The van der Waals surface area contributed by atoms with E-state index in [9.17, 15) is 26.6 Å². The molecule has 0 radical (unpaired) electrons. The van der Waals surface area contributed by atoms with E-state index in [0.717, 1.165) is 17.7 Å². The molecule has 1 aromatic carbocycles. The zero-order valence-electron chi connectivity index (χ0n) is 8.62. The van der Waals surface area contributed by atoms with E-state index in [4.69, 9.17) is 0 Å². The molecule has 1 atom stereocenters. The topological polar surface area (TPSA) is 34.1 Å². The van der Waals surface area contributed by atoms with Crippen LogP contribution in [0.4, 0.5) is 17.6 Å². The lowest BCUT2D eigenvalue weighted by Gasteiger charge is -2.13. The lowest BCUT2D eigenvalue weighted by molar-refractivity contribution is -0.144. The molecule has 0 aromatic heterocycles. The highest BCUT2D eigenvalue weighted by Gasteiger charge is 2.50. The summed E-state index contributed by atoms with van der Waals surface area (Å²) in [4.78, 5) is 10.2. The number of benzene rings is 1. The second-order valence-corrected chi connectivity index (χ2v) is 4.79. The Kier molecular flexibility index (Phi) is 4.03. The third-order valence-electron chi connectivity index (χ3n) is 1.95. The van der Waals surface area contributed by atoms with E-state index in [1.54, 1.807) is 6.92 Å². The minimum atomic E-state index is -4.58. The van der Waals surface area contributed by atoms with Crippen LogP contribution in [0.15, 0.2) is 29.2 Å². The maximum absolute atomic E-state index is 13.1. The number of Topliss-reactive ketones (excluding diaryl/α,β-unsaturated/α-hetero) is 1. The van der Waals surface area contributed by atoms with Crippen LogP contribution in [0.5, 0.6) is 0 Å². The smallest absolute Gasteiger partial charge is 0.285 e. The van der Waals surface area contributed by atoms with Gasteiger partial charge in [-0.2, -0.15) is 8.78 Å². The molecule has 0 amide bonds. The van der Waals surface area contributed by atoms with Gasteiger partial charge in [0.05, 0.1) is 0 Å². The molecule has 0 heterocycles. The minimum absolute atomic E-state index is 0.366. The van der Waals surface area contributed by atoms with Crippen molar-refractivity contribution in [3.8, 4) is 0 Å². The molecule has 94 valence electrons. The highest BCUT2D eigenvalue weighted by molar-refractivity contribution is 7.87. The van der Waals surface area contributed by atoms with Crippen LogP contribution in [0, 0.1) is 6.92 Å². The van der Waals surface area contributed by atoms with Gasteiger partial charge in [0, 0.05) is 4.90 Å². The number of rotatable bonds is 4. The van der Waals surface area contributed by atoms with Crippen molar-refractivity contribution >= 4 is 16.6 Å². The number of halogens is 4. The first kappa shape index (κ1) is 13.8. The van der Waals surface area contributed by atoms with Gasteiger partial charge in [0.25, 0.3) is 5.78 Å². The molecule has 0 fully saturated rings. The van der Waals surface area contributed by atoms with Gasteiger partial charge in [-0.1, -0.05) is 17.7 Å². The molecular weight excluding hydrogens is 260 g/mol. The zero-order chi connectivity index (χ0) is 13.2. The molecule has 7 heteroatoms. The minimum Gasteiger partial charge on any atom is -0.285 e. The summed E-state index contributed by atoms with van der Waals surface area (Å²) in [5.41, 5.74) is 0.731. The van der Waals surface area contributed by atoms with E-state index in [1.807, 2.05) is 0 Å². The molecule has 1 unspecified atom stereocenters. The predicted molar refractivity (Wildman–Crippen MR) is 53.5 cm³/mol. The van der Waals surface area contributed by atoms with Crippen LogP contribution in [0.25, 0.3) is 0 Å². The SMILES string of the molecule is Cc1ccc(S(=O)C(F)(F)C(=O)C(F)F)cc1. The van der Waals surface area contributed by atoms with Crippen LogP contribution in [0.2, 0.25) is 0 Å². The van der Waals surface area contributed by atoms with Gasteiger partial charge in [0.2, 0.25) is 0 Å². The molecule has 0 spiro atoms. The average molecular weight is 268 g/mol. The van der Waals surface area contributed by atoms with Crippen molar-refractivity contribution in [1.82, 2.24) is 0 Å². The maximum Gasteiger partial charge on any atom is 0.388 e. The van der Waals surface area contributed by atoms with Crippen molar-refractivity contribution in [3.63, 3.8) is 0 Å². The monoisotopic (exact) mass is 268 g/mol. The third-order valence-corrected chi connectivity index (χ3v) is 3.32. The molecule has 0 aliphatic rings. The quantitative estimate of drug-likeness (QED) is 0.786. The summed E-state index contributed by atoms with van der Waals surface area (Å²) >= 11 is 0. The number of aryl methyl sites for hydroxylation is 1. The van der Waals surface area contributed by atoms with Gasteiger partial charge in [-0.3, -0.25) is 4.79 Å². The highest BCUT2D eigenvalue weighted by atomic mass is 32.2. The van der Waals surface area contributed by atoms with Gasteiger partial charge in [-0.05, 0) is 19.1 Å². The number of alkyl halides is 4. The molecule has 0 saturated carbocycles. The molecule has 1 rings (SSSR count). The van der Waals surface area contributed by atoms with Crippen molar-refractivity contribution in [2.45, 2.75) is 23.5 Å². The van der Waals surface area contributed by atoms with Crippen LogP contribution < -0.4 is 0 Å². The van der Waals surface area contributed by atoms with Gasteiger partial charge in [0.1, 0.15) is 10.8 Å². The predicted octanol–water partition coefficient (Wildman–Crippen LogP) is 2.53. The Labute approximate surface area is 97.1 Å². The second kappa shape index (κ2) is 4.95. The Morgan fingerprint density at radius 3 is 2.12 bits per heavy atom. The maximum atomic E-state index is 13.1. The van der Waals surface area contributed by atoms with E-state index in [1.165, 1.54) is 12.1 Å². The Morgan fingerprint density at radius 1 is 1.24 bits per heavy atom. The first-order chi connectivity index (χ1) is 7.76. The van der Waals surface area contributed by atoms with Gasteiger partial charge in [-0.15, -0.1) is 0 Å². The Balaban J connectivity index is 3.04. The largest absolute Gasteiger partial charge is 0.388 e. The van der Waals surface area contributed by atoms with E-state index in [0.29, 0.717) is 0 Å². The average Bonchev–Trinajstić information content (AvgIpc) is 2.27. The molecular formula is C10H8F4O2S. The summed E-state index contributed by atoms with van der Waals surface area (Å²) in [7, 11) is -3.12. The van der Waals surface area contributed by atoms with Gasteiger partial charge < -0.3 is 0 Å². The Bertz CT molecular complexity index is 442. The van der Waals surface area contributed by atoms with Crippen molar-refractivity contribution in [1.29, 1.82) is 0 Å². The van der Waals surface area contributed by atoms with E-state index >= 15 is 0 Å². The Hall–Kier alpha value is -1.24. The fourth-order valence-electron chi connectivity index (χ4n) is 1.03. The first-order valence-electron chi connectivity index (χ1n) is 4.45. The summed E-state index contributed by atoms with van der Waals surface area (Å²) in [6, 6.07) is 5.02. The fraction of sp³-hybridized carbons (Fsp3) is 0.300. The number of hydrogen-bond donors (Lipinski definition) is 0. The number of carbonyl (C=O) groups is 1. The van der Waals surface area contributed by atoms with Crippen LogP contribution >= 0.6 is 0 Å². The molecule has 0 aliphatic heterocycles. The molecule has 0 aliphatic carbocycles. The normalized spacial score (nSPS) is 13.8. The number of carbonyl (C=O) groups excluding carboxylic acids is 1. The van der Waals surface area contributed by atoms with Crippen LogP contribution in [-0.4, -0.2) is 21.7 Å². The standard InChI is InChI=1S/C10H8F4O2S/c1-6-2-4-7(5-3-6)17(16)10(13,14)8(15)9(11)12/h2-5,9H,1H3. The molecule has 1 aromatic rings. The third kappa shape index (κ3) is 2.91. The summed E-state index contributed by atoms with van der Waals surface area (Å²) in [6.07, 6.45) is -3.85. The van der Waals surface area contributed by atoms with Crippen molar-refractivity contribution in [2.75, 3.05) is 0 Å². The van der Waals surface area contributed by atoms with E-state index in [2.05, 4.69) is 0 Å². The molecule has 17 heavy (non-hydrogen) atoms. The highest BCUT2D eigenvalue weighted by Crippen LogP contribution is 2.28. The van der Waals surface area contributed by atoms with Crippen LogP contribution in [0.3, 0.4) is 0 Å². The van der Waals surface area contributed by atoms with E-state index in [-0.39, 0.29) is 4.90 Å². The molecule has 2 nitrogen and oxygen atoms in total. The van der Waals surface area contributed by atoms with Gasteiger partial charge in [0.15, 0.2) is 0 Å². The second-order valence-electron chi connectivity index (χ2n) is 3.26. The molecule has 0 bridgehead atoms. The van der Waals surface area contributed by atoms with Crippen LogP contribution in [-0.2, 0) is 15.6 Å². The van der Waals surface area contributed by atoms with Gasteiger partial charge >= 0.3 is 11.7 Å². The number of ketones is 1. The lowest BCUT2D eigenvalue weighted by Crippen LogP contribution is -2.38.